The molecule has 0 radical (unpaired) electrons. The molecule has 3 rings (SSSR count). The topological polar surface area (TPSA) is 74.6 Å². The molecule has 2 aromatic rings. The number of nitriles is 1. The molecule has 1 aliphatic heterocycles. The zero-order valence-corrected chi connectivity index (χ0v) is 17.8. The second kappa shape index (κ2) is 10.1. The average Bonchev–Trinajstić information content (AvgIpc) is 2.73. The highest BCUT2D eigenvalue weighted by Crippen LogP contribution is 2.30. The molecular weight excluding hydrogens is 402 g/mol. The number of ether oxygens (including phenoxy) is 2. The Morgan fingerprint density at radius 3 is 2.57 bits per heavy atom. The molecule has 0 atom stereocenters. The van der Waals surface area contributed by atoms with Gasteiger partial charge in [0.25, 0.3) is 5.91 Å². The van der Waals surface area contributed by atoms with Crippen LogP contribution in [0.1, 0.15) is 19.4 Å². The molecule has 7 heteroatoms. The van der Waals surface area contributed by atoms with Crippen molar-refractivity contribution >= 4 is 35.0 Å². The molecular formula is C23H24ClN3O3. The SMILES string of the molecule is CC(C)Oc1ccc(/C=C(\C#N)C(=O)Nc2cc(Cl)ccc2N2CCOCC2)cc1. The number of nitrogens with one attached hydrogen (secondary N) is 1. The molecule has 1 aliphatic rings. The number of hydrogen-bond donors (Lipinski definition) is 1. The Kier molecular flexibility index (Phi) is 7.34. The van der Waals surface area contributed by atoms with Crippen LogP contribution in [0.4, 0.5) is 11.4 Å². The highest BCUT2D eigenvalue weighted by atomic mass is 35.5. The number of hydrogen-bond acceptors (Lipinski definition) is 5. The lowest BCUT2D eigenvalue weighted by Crippen LogP contribution is -2.36. The molecule has 1 saturated heterocycles. The first-order chi connectivity index (χ1) is 14.5. The molecule has 1 amide bonds. The summed E-state index contributed by atoms with van der Waals surface area (Å²) in [4.78, 5) is 14.9. The Balaban J connectivity index is 1.79. The summed E-state index contributed by atoms with van der Waals surface area (Å²) in [5.41, 5.74) is 2.15. The van der Waals surface area contributed by atoms with Gasteiger partial charge < -0.3 is 19.7 Å². The van der Waals surface area contributed by atoms with Gasteiger partial charge >= 0.3 is 0 Å². The van der Waals surface area contributed by atoms with Crippen molar-refractivity contribution in [2.75, 3.05) is 36.5 Å². The lowest BCUT2D eigenvalue weighted by molar-refractivity contribution is -0.112. The smallest absolute Gasteiger partial charge is 0.266 e. The van der Waals surface area contributed by atoms with Crippen LogP contribution < -0.4 is 15.0 Å². The first kappa shape index (κ1) is 21.7. The van der Waals surface area contributed by atoms with E-state index in [1.807, 2.05) is 38.1 Å². The number of amides is 1. The van der Waals surface area contributed by atoms with Crippen molar-refractivity contribution in [1.29, 1.82) is 5.26 Å². The van der Waals surface area contributed by atoms with Crippen LogP contribution in [-0.4, -0.2) is 38.3 Å². The predicted molar refractivity (Wildman–Crippen MR) is 119 cm³/mol. The van der Waals surface area contributed by atoms with E-state index in [1.165, 1.54) is 0 Å². The van der Waals surface area contributed by atoms with E-state index in [9.17, 15) is 10.1 Å². The van der Waals surface area contributed by atoms with Crippen LogP contribution in [-0.2, 0) is 9.53 Å². The first-order valence-electron chi connectivity index (χ1n) is 9.78. The third-order valence-corrected chi connectivity index (χ3v) is 4.72. The highest BCUT2D eigenvalue weighted by Gasteiger charge is 2.18. The zero-order valence-electron chi connectivity index (χ0n) is 17.0. The van der Waals surface area contributed by atoms with Gasteiger partial charge in [-0.2, -0.15) is 5.26 Å². The molecule has 0 bridgehead atoms. The van der Waals surface area contributed by atoms with E-state index in [0.717, 1.165) is 30.1 Å². The third-order valence-electron chi connectivity index (χ3n) is 4.49. The zero-order chi connectivity index (χ0) is 21.5. The van der Waals surface area contributed by atoms with Gasteiger partial charge in [0, 0.05) is 18.1 Å². The van der Waals surface area contributed by atoms with E-state index in [-0.39, 0.29) is 11.7 Å². The molecule has 0 saturated carbocycles. The number of anilines is 2. The van der Waals surface area contributed by atoms with Crippen molar-refractivity contribution < 1.29 is 14.3 Å². The Morgan fingerprint density at radius 1 is 1.23 bits per heavy atom. The van der Waals surface area contributed by atoms with Gasteiger partial charge in [0.15, 0.2) is 0 Å². The molecule has 0 spiro atoms. The maximum Gasteiger partial charge on any atom is 0.266 e. The molecule has 30 heavy (non-hydrogen) atoms. The van der Waals surface area contributed by atoms with E-state index >= 15 is 0 Å². The Labute approximate surface area is 181 Å². The third kappa shape index (κ3) is 5.76. The second-order valence-electron chi connectivity index (χ2n) is 7.12. The Hall–Kier alpha value is -3.01. The lowest BCUT2D eigenvalue weighted by atomic mass is 10.1. The first-order valence-corrected chi connectivity index (χ1v) is 10.2. The van der Waals surface area contributed by atoms with Crippen LogP contribution in [0.15, 0.2) is 48.0 Å². The van der Waals surface area contributed by atoms with Crippen LogP contribution in [0, 0.1) is 11.3 Å². The summed E-state index contributed by atoms with van der Waals surface area (Å²) in [6, 6.07) is 14.6. The van der Waals surface area contributed by atoms with Crippen molar-refractivity contribution in [3.8, 4) is 11.8 Å². The molecule has 6 nitrogen and oxygen atoms in total. The minimum Gasteiger partial charge on any atom is -0.491 e. The van der Waals surface area contributed by atoms with Crippen molar-refractivity contribution in [2.45, 2.75) is 20.0 Å². The van der Waals surface area contributed by atoms with Gasteiger partial charge in [-0.05, 0) is 55.8 Å². The van der Waals surface area contributed by atoms with Crippen molar-refractivity contribution in [2.24, 2.45) is 0 Å². The maximum atomic E-state index is 12.8. The van der Waals surface area contributed by atoms with Crippen LogP contribution in [0.3, 0.4) is 0 Å². The fourth-order valence-electron chi connectivity index (χ4n) is 3.11. The summed E-state index contributed by atoms with van der Waals surface area (Å²) < 4.78 is 11.0. The van der Waals surface area contributed by atoms with Gasteiger partial charge in [-0.15, -0.1) is 0 Å². The fraction of sp³-hybridized carbons (Fsp3) is 0.304. The minimum atomic E-state index is -0.489. The number of carbonyl (C=O) groups excluding carboxylic acids is 1. The highest BCUT2D eigenvalue weighted by molar-refractivity contribution is 6.31. The lowest BCUT2D eigenvalue weighted by Gasteiger charge is -2.30. The van der Waals surface area contributed by atoms with Crippen molar-refractivity contribution in [1.82, 2.24) is 0 Å². The number of carbonyl (C=O) groups is 1. The predicted octanol–water partition coefficient (Wildman–Crippen LogP) is 4.51. The number of morpholine rings is 1. The average molecular weight is 426 g/mol. The summed E-state index contributed by atoms with van der Waals surface area (Å²) in [7, 11) is 0. The number of rotatable bonds is 6. The normalized spacial score (nSPS) is 14.4. The summed E-state index contributed by atoms with van der Waals surface area (Å²) in [6.45, 7) is 6.58. The van der Waals surface area contributed by atoms with Crippen molar-refractivity contribution in [3.05, 3.63) is 58.6 Å². The molecule has 1 N–H and O–H groups in total. The molecule has 1 fully saturated rings. The molecule has 0 unspecified atom stereocenters. The van der Waals surface area contributed by atoms with Crippen LogP contribution in [0.25, 0.3) is 6.08 Å². The Bertz CT molecular complexity index is 959. The minimum absolute atomic E-state index is 0.000399. The van der Waals surface area contributed by atoms with Gasteiger partial charge in [0.2, 0.25) is 0 Å². The van der Waals surface area contributed by atoms with E-state index in [0.29, 0.717) is 23.9 Å². The molecule has 0 aliphatic carbocycles. The van der Waals surface area contributed by atoms with Gasteiger partial charge in [0.05, 0.1) is 30.7 Å². The van der Waals surface area contributed by atoms with Crippen molar-refractivity contribution in [3.63, 3.8) is 0 Å². The summed E-state index contributed by atoms with van der Waals surface area (Å²) in [5, 5.41) is 12.9. The molecule has 2 aromatic carbocycles. The van der Waals surface area contributed by atoms with Crippen LogP contribution in [0.2, 0.25) is 5.02 Å². The van der Waals surface area contributed by atoms with Gasteiger partial charge in [-0.25, -0.2) is 0 Å². The number of nitrogens with zero attached hydrogens (tertiary/aromatic N) is 2. The van der Waals surface area contributed by atoms with Crippen LogP contribution in [0.5, 0.6) is 5.75 Å². The van der Waals surface area contributed by atoms with Gasteiger partial charge in [0.1, 0.15) is 17.4 Å². The van der Waals surface area contributed by atoms with E-state index in [1.54, 1.807) is 30.3 Å². The quantitative estimate of drug-likeness (QED) is 0.544. The largest absolute Gasteiger partial charge is 0.491 e. The molecule has 1 heterocycles. The maximum absolute atomic E-state index is 12.8. The van der Waals surface area contributed by atoms with E-state index in [2.05, 4.69) is 10.2 Å². The molecule has 156 valence electrons. The summed E-state index contributed by atoms with van der Waals surface area (Å²) in [6.07, 6.45) is 1.62. The van der Waals surface area contributed by atoms with Gasteiger partial charge in [-0.1, -0.05) is 23.7 Å². The van der Waals surface area contributed by atoms with Crippen LogP contribution >= 0.6 is 11.6 Å². The summed E-state index contributed by atoms with van der Waals surface area (Å²) in [5.74, 6) is 0.246. The van der Waals surface area contributed by atoms with Gasteiger partial charge in [-0.3, -0.25) is 4.79 Å². The van der Waals surface area contributed by atoms with E-state index in [4.69, 9.17) is 21.1 Å². The number of benzene rings is 2. The number of halogens is 1. The second-order valence-corrected chi connectivity index (χ2v) is 7.56. The monoisotopic (exact) mass is 425 g/mol. The standard InChI is InChI=1S/C23H24ClN3O3/c1-16(2)30-20-6-3-17(4-7-20)13-18(15-25)23(28)26-21-14-19(24)5-8-22(21)27-9-11-29-12-10-27/h3-8,13-14,16H,9-12H2,1-2H3,(H,26,28)/b18-13+. The Morgan fingerprint density at radius 2 is 1.93 bits per heavy atom. The fourth-order valence-corrected chi connectivity index (χ4v) is 3.28. The van der Waals surface area contributed by atoms with E-state index < -0.39 is 5.91 Å². The summed E-state index contributed by atoms with van der Waals surface area (Å²) >= 11 is 6.15. The molecule has 0 aromatic heterocycles.